The van der Waals surface area contributed by atoms with Crippen molar-refractivity contribution in [2.45, 2.75) is 10.6 Å². The predicted octanol–water partition coefficient (Wildman–Crippen LogP) is 1.45. The van der Waals surface area contributed by atoms with Crippen molar-refractivity contribution < 1.29 is 13.2 Å². The van der Waals surface area contributed by atoms with E-state index < -0.39 is 10.0 Å². The number of rotatable bonds is 7. The van der Waals surface area contributed by atoms with Crippen molar-refractivity contribution in [2.75, 3.05) is 13.1 Å². The molecule has 0 unspecified atom stereocenters. The van der Waals surface area contributed by atoms with Gasteiger partial charge < -0.3 is 5.32 Å². The Bertz CT molecular complexity index is 634. The third-order valence-corrected chi connectivity index (χ3v) is 6.15. The van der Waals surface area contributed by atoms with Gasteiger partial charge in [0.25, 0.3) is 0 Å². The lowest BCUT2D eigenvalue weighted by molar-refractivity contribution is -0.120. The predicted molar refractivity (Wildman–Crippen MR) is 80.5 cm³/mol. The average molecular weight is 330 g/mol. The fourth-order valence-corrected chi connectivity index (χ4v) is 4.28. The molecule has 0 aliphatic carbocycles. The normalized spacial score (nSPS) is 11.4. The second-order valence-electron chi connectivity index (χ2n) is 3.94. The van der Waals surface area contributed by atoms with E-state index in [9.17, 15) is 13.2 Å². The molecule has 0 radical (unpaired) electrons. The molecule has 0 aliphatic rings. The molecule has 2 aromatic heterocycles. The van der Waals surface area contributed by atoms with Gasteiger partial charge in [-0.3, -0.25) is 4.79 Å². The summed E-state index contributed by atoms with van der Waals surface area (Å²) in [6.07, 6.45) is 0.329. The van der Waals surface area contributed by atoms with Gasteiger partial charge >= 0.3 is 0 Å². The lowest BCUT2D eigenvalue weighted by Gasteiger charge is -2.06. The van der Waals surface area contributed by atoms with Crippen LogP contribution in [0.5, 0.6) is 0 Å². The monoisotopic (exact) mass is 330 g/mol. The van der Waals surface area contributed by atoms with Crippen molar-refractivity contribution in [2.24, 2.45) is 0 Å². The van der Waals surface area contributed by atoms with Gasteiger partial charge in [0.15, 0.2) is 0 Å². The molecule has 0 fully saturated rings. The summed E-state index contributed by atoms with van der Waals surface area (Å²) in [5.74, 6) is -0.109. The lowest BCUT2D eigenvalue weighted by atomic mass is 10.3. The van der Waals surface area contributed by atoms with Gasteiger partial charge in [0.1, 0.15) is 4.21 Å². The average Bonchev–Trinajstić information content (AvgIpc) is 3.07. The van der Waals surface area contributed by atoms with Gasteiger partial charge in [-0.05, 0) is 22.9 Å². The summed E-state index contributed by atoms with van der Waals surface area (Å²) in [5.41, 5.74) is 0. The van der Waals surface area contributed by atoms with Crippen LogP contribution >= 0.6 is 22.7 Å². The Morgan fingerprint density at radius 2 is 1.85 bits per heavy atom. The van der Waals surface area contributed by atoms with Crippen molar-refractivity contribution in [1.29, 1.82) is 0 Å². The molecule has 0 saturated heterocycles. The van der Waals surface area contributed by atoms with Crippen molar-refractivity contribution >= 4 is 38.6 Å². The molecule has 2 aromatic rings. The van der Waals surface area contributed by atoms with Gasteiger partial charge in [0.2, 0.25) is 15.9 Å². The van der Waals surface area contributed by atoms with Gasteiger partial charge in [-0.1, -0.05) is 12.1 Å². The minimum absolute atomic E-state index is 0.109. The van der Waals surface area contributed by atoms with Gasteiger partial charge in [-0.25, -0.2) is 13.1 Å². The van der Waals surface area contributed by atoms with Crippen LogP contribution in [0.4, 0.5) is 0 Å². The highest BCUT2D eigenvalue weighted by molar-refractivity contribution is 7.91. The van der Waals surface area contributed by atoms with Crippen molar-refractivity contribution in [3.8, 4) is 0 Å². The highest BCUT2D eigenvalue weighted by Crippen LogP contribution is 2.14. The van der Waals surface area contributed by atoms with Crippen LogP contribution in [0.15, 0.2) is 39.2 Å². The molecule has 0 aromatic carbocycles. The highest BCUT2D eigenvalue weighted by atomic mass is 32.2. The van der Waals surface area contributed by atoms with E-state index in [0.717, 1.165) is 16.2 Å². The number of thiophene rings is 2. The van der Waals surface area contributed by atoms with E-state index in [1.165, 1.54) is 11.3 Å². The SMILES string of the molecule is O=C(Cc1cccs1)NCCNS(=O)(=O)c1cccs1. The molecule has 1 amide bonds. The molecule has 0 spiro atoms. The first kappa shape index (κ1) is 15.2. The van der Waals surface area contributed by atoms with E-state index in [2.05, 4.69) is 10.0 Å². The molecule has 8 heteroatoms. The van der Waals surface area contributed by atoms with Crippen molar-refractivity contribution in [3.05, 3.63) is 39.9 Å². The molecule has 108 valence electrons. The minimum Gasteiger partial charge on any atom is -0.354 e. The van der Waals surface area contributed by atoms with Crippen LogP contribution in [-0.4, -0.2) is 27.4 Å². The smallest absolute Gasteiger partial charge is 0.250 e. The summed E-state index contributed by atoms with van der Waals surface area (Å²) in [6.45, 7) is 0.450. The Morgan fingerprint density at radius 1 is 1.10 bits per heavy atom. The Morgan fingerprint density at radius 3 is 2.50 bits per heavy atom. The van der Waals surface area contributed by atoms with Crippen molar-refractivity contribution in [3.63, 3.8) is 0 Å². The van der Waals surface area contributed by atoms with Crippen LogP contribution in [-0.2, 0) is 21.2 Å². The summed E-state index contributed by atoms with van der Waals surface area (Å²) >= 11 is 2.68. The van der Waals surface area contributed by atoms with Crippen LogP contribution in [0.1, 0.15) is 4.88 Å². The number of carbonyl (C=O) groups is 1. The number of hydrogen-bond acceptors (Lipinski definition) is 5. The van der Waals surface area contributed by atoms with Gasteiger partial charge in [0.05, 0.1) is 6.42 Å². The molecular formula is C12H14N2O3S3. The van der Waals surface area contributed by atoms with E-state index in [-0.39, 0.29) is 23.2 Å². The number of nitrogens with one attached hydrogen (secondary N) is 2. The Balaban J connectivity index is 1.70. The Hall–Kier alpha value is -1.22. The maximum absolute atomic E-state index is 11.8. The molecule has 0 saturated carbocycles. The number of carbonyl (C=O) groups excluding carboxylic acids is 1. The largest absolute Gasteiger partial charge is 0.354 e. The highest BCUT2D eigenvalue weighted by Gasteiger charge is 2.14. The summed E-state index contributed by atoms with van der Waals surface area (Å²) in [7, 11) is -3.45. The van der Waals surface area contributed by atoms with Crippen LogP contribution < -0.4 is 10.0 Å². The van der Waals surface area contributed by atoms with E-state index >= 15 is 0 Å². The molecule has 20 heavy (non-hydrogen) atoms. The van der Waals surface area contributed by atoms with Crippen LogP contribution in [0.2, 0.25) is 0 Å². The molecule has 0 atom stereocenters. The summed E-state index contributed by atoms with van der Waals surface area (Å²) in [4.78, 5) is 12.6. The van der Waals surface area contributed by atoms with Gasteiger partial charge in [0, 0.05) is 18.0 Å². The van der Waals surface area contributed by atoms with Crippen LogP contribution in [0, 0.1) is 0 Å². The molecule has 2 N–H and O–H groups in total. The maximum Gasteiger partial charge on any atom is 0.250 e. The van der Waals surface area contributed by atoms with Crippen molar-refractivity contribution in [1.82, 2.24) is 10.0 Å². The first-order chi connectivity index (χ1) is 9.58. The molecule has 2 heterocycles. The van der Waals surface area contributed by atoms with Gasteiger partial charge in [-0.2, -0.15) is 0 Å². The Labute approximate surface area is 125 Å². The minimum atomic E-state index is -3.45. The lowest BCUT2D eigenvalue weighted by Crippen LogP contribution is -2.35. The third kappa shape index (κ3) is 4.41. The van der Waals surface area contributed by atoms with E-state index in [1.807, 2.05) is 17.5 Å². The molecule has 0 bridgehead atoms. The molecule has 5 nitrogen and oxygen atoms in total. The fourth-order valence-electron chi connectivity index (χ4n) is 1.51. The number of amides is 1. The number of sulfonamides is 1. The van der Waals surface area contributed by atoms with E-state index in [1.54, 1.807) is 17.5 Å². The quantitative estimate of drug-likeness (QED) is 0.755. The zero-order valence-electron chi connectivity index (χ0n) is 10.5. The standard InChI is InChI=1S/C12H14N2O3S3/c15-11(9-10-3-1-7-18-10)13-5-6-14-20(16,17)12-4-2-8-19-12/h1-4,7-8,14H,5-6,9H2,(H,13,15). The molecule has 2 rings (SSSR count). The molecular weight excluding hydrogens is 316 g/mol. The van der Waals surface area contributed by atoms with E-state index in [4.69, 9.17) is 0 Å². The summed E-state index contributed by atoms with van der Waals surface area (Å²) in [5, 5.41) is 6.30. The Kier molecular flexibility index (Phi) is 5.30. The zero-order valence-corrected chi connectivity index (χ0v) is 13.0. The fraction of sp³-hybridized carbons (Fsp3) is 0.250. The topological polar surface area (TPSA) is 75.3 Å². The first-order valence-electron chi connectivity index (χ1n) is 5.90. The number of hydrogen-bond donors (Lipinski definition) is 2. The first-order valence-corrected chi connectivity index (χ1v) is 9.14. The summed E-state index contributed by atoms with van der Waals surface area (Å²) in [6, 6.07) is 7.01. The van der Waals surface area contributed by atoms with Crippen LogP contribution in [0.25, 0.3) is 0 Å². The summed E-state index contributed by atoms with van der Waals surface area (Å²) < 4.78 is 26.3. The maximum atomic E-state index is 11.8. The zero-order chi connectivity index (χ0) is 14.4. The van der Waals surface area contributed by atoms with Crippen LogP contribution in [0.3, 0.4) is 0 Å². The molecule has 0 aliphatic heterocycles. The third-order valence-electron chi connectivity index (χ3n) is 2.41. The van der Waals surface area contributed by atoms with E-state index in [0.29, 0.717) is 6.42 Å². The second-order valence-corrected chi connectivity index (χ2v) is 7.91. The second kappa shape index (κ2) is 6.98. The van der Waals surface area contributed by atoms with Gasteiger partial charge in [-0.15, -0.1) is 22.7 Å².